The van der Waals surface area contributed by atoms with E-state index in [2.05, 4.69) is 10.3 Å². The van der Waals surface area contributed by atoms with E-state index in [0.717, 1.165) is 0 Å². The van der Waals surface area contributed by atoms with Crippen LogP contribution in [0.4, 0.5) is 10.5 Å². The fraction of sp³-hybridized carbons (Fsp3) is 0.200. The third-order valence-corrected chi connectivity index (χ3v) is 2.64. The van der Waals surface area contributed by atoms with Crippen molar-refractivity contribution in [1.29, 1.82) is 0 Å². The van der Waals surface area contributed by atoms with E-state index >= 15 is 0 Å². The van der Waals surface area contributed by atoms with Crippen molar-refractivity contribution < 1.29 is 14.3 Å². The van der Waals surface area contributed by atoms with E-state index in [4.69, 9.17) is 9.47 Å². The van der Waals surface area contributed by atoms with Gasteiger partial charge >= 0.3 is 6.03 Å². The van der Waals surface area contributed by atoms with Crippen LogP contribution in [0.5, 0.6) is 17.5 Å². The number of carbonyl (C=O) groups is 1. The Hall–Kier alpha value is -2.76. The number of nitrogens with one attached hydrogen (secondary N) is 1. The molecule has 0 bridgehead atoms. The fourth-order valence-electron chi connectivity index (χ4n) is 1.53. The number of methoxy groups -OCH3 is 1. The molecule has 1 aromatic carbocycles. The second kappa shape index (κ2) is 6.60. The van der Waals surface area contributed by atoms with Crippen molar-refractivity contribution in [2.45, 2.75) is 0 Å². The Balaban J connectivity index is 2.03. The molecule has 0 saturated heterocycles. The van der Waals surface area contributed by atoms with Crippen LogP contribution in [0, 0.1) is 0 Å². The first-order valence-corrected chi connectivity index (χ1v) is 6.36. The molecule has 2 aromatic rings. The lowest BCUT2D eigenvalue weighted by molar-refractivity contribution is 0.230. The van der Waals surface area contributed by atoms with E-state index in [9.17, 15) is 4.79 Å². The van der Waals surface area contributed by atoms with Gasteiger partial charge in [0, 0.05) is 31.9 Å². The zero-order valence-electron chi connectivity index (χ0n) is 12.2. The molecule has 6 heteroatoms. The van der Waals surface area contributed by atoms with Crippen LogP contribution in [0.3, 0.4) is 0 Å². The molecule has 2 rings (SSSR count). The quantitative estimate of drug-likeness (QED) is 0.939. The Bertz CT molecular complexity index is 612. The van der Waals surface area contributed by atoms with Crippen LogP contribution in [0.25, 0.3) is 0 Å². The number of amides is 2. The number of anilines is 1. The molecule has 0 unspecified atom stereocenters. The molecule has 0 saturated carbocycles. The van der Waals surface area contributed by atoms with Crippen molar-refractivity contribution in [3.05, 3.63) is 42.5 Å². The van der Waals surface area contributed by atoms with Crippen LogP contribution in [-0.4, -0.2) is 37.1 Å². The minimum atomic E-state index is -0.182. The van der Waals surface area contributed by atoms with Crippen molar-refractivity contribution in [3.63, 3.8) is 0 Å². The van der Waals surface area contributed by atoms with Crippen LogP contribution in [0.1, 0.15) is 0 Å². The van der Waals surface area contributed by atoms with Crippen LogP contribution < -0.4 is 14.8 Å². The van der Waals surface area contributed by atoms with Crippen LogP contribution in [0.15, 0.2) is 42.5 Å². The number of hydrogen-bond donors (Lipinski definition) is 1. The van der Waals surface area contributed by atoms with Gasteiger partial charge in [0.05, 0.1) is 7.11 Å². The summed E-state index contributed by atoms with van der Waals surface area (Å²) in [5.74, 6) is 1.56. The van der Waals surface area contributed by atoms with E-state index in [1.807, 2.05) is 0 Å². The number of carbonyl (C=O) groups excluding carboxylic acids is 1. The first-order chi connectivity index (χ1) is 10.1. The lowest BCUT2D eigenvalue weighted by atomic mass is 10.3. The maximum atomic E-state index is 11.5. The molecule has 0 spiro atoms. The van der Waals surface area contributed by atoms with E-state index < -0.39 is 0 Å². The van der Waals surface area contributed by atoms with E-state index in [1.165, 1.54) is 4.90 Å². The lowest BCUT2D eigenvalue weighted by Crippen LogP contribution is -2.27. The second-order valence-electron chi connectivity index (χ2n) is 4.47. The predicted molar refractivity (Wildman–Crippen MR) is 80.0 cm³/mol. The highest BCUT2D eigenvalue weighted by molar-refractivity contribution is 5.88. The molecule has 21 heavy (non-hydrogen) atoms. The smallest absolute Gasteiger partial charge is 0.321 e. The van der Waals surface area contributed by atoms with Crippen LogP contribution in [-0.2, 0) is 0 Å². The summed E-state index contributed by atoms with van der Waals surface area (Å²) in [4.78, 5) is 17.1. The molecule has 0 aliphatic carbocycles. The molecule has 110 valence electrons. The summed E-state index contributed by atoms with van der Waals surface area (Å²) >= 11 is 0. The number of ether oxygens (including phenoxy) is 2. The number of pyridine rings is 1. The number of aromatic nitrogens is 1. The number of benzene rings is 1. The molecule has 0 aliphatic rings. The molecule has 0 fully saturated rings. The first kappa shape index (κ1) is 14.6. The molecule has 6 nitrogen and oxygen atoms in total. The minimum absolute atomic E-state index is 0.182. The van der Waals surface area contributed by atoms with E-state index in [0.29, 0.717) is 23.2 Å². The van der Waals surface area contributed by atoms with Crippen molar-refractivity contribution >= 4 is 11.7 Å². The highest BCUT2D eigenvalue weighted by Gasteiger charge is 2.05. The maximum absolute atomic E-state index is 11.5. The van der Waals surface area contributed by atoms with Crippen molar-refractivity contribution in [1.82, 2.24) is 9.88 Å². The molecule has 1 heterocycles. The fourth-order valence-corrected chi connectivity index (χ4v) is 1.53. The zero-order valence-corrected chi connectivity index (χ0v) is 12.2. The second-order valence-corrected chi connectivity index (χ2v) is 4.47. The summed E-state index contributed by atoms with van der Waals surface area (Å²) in [6.45, 7) is 0. The van der Waals surface area contributed by atoms with Gasteiger partial charge in [0.1, 0.15) is 5.75 Å². The van der Waals surface area contributed by atoms with Crippen LogP contribution in [0.2, 0.25) is 0 Å². The molecular formula is C15H17N3O3. The predicted octanol–water partition coefficient (Wildman–Crippen LogP) is 2.98. The molecule has 1 N–H and O–H groups in total. The van der Waals surface area contributed by atoms with Gasteiger partial charge in [-0.2, -0.15) is 4.98 Å². The first-order valence-electron chi connectivity index (χ1n) is 6.36. The number of nitrogens with zero attached hydrogens (tertiary/aromatic N) is 2. The third kappa shape index (κ3) is 4.10. The highest BCUT2D eigenvalue weighted by atomic mass is 16.5. The van der Waals surface area contributed by atoms with Gasteiger partial charge in [-0.3, -0.25) is 0 Å². The summed E-state index contributed by atoms with van der Waals surface area (Å²) in [6.07, 6.45) is 0. The van der Waals surface area contributed by atoms with Crippen molar-refractivity contribution in [2.24, 2.45) is 0 Å². The topological polar surface area (TPSA) is 63.7 Å². The van der Waals surface area contributed by atoms with Gasteiger partial charge in [-0.05, 0) is 24.3 Å². The monoisotopic (exact) mass is 287 g/mol. The molecule has 1 aromatic heterocycles. The molecule has 2 amide bonds. The van der Waals surface area contributed by atoms with Gasteiger partial charge in [0.2, 0.25) is 11.8 Å². The van der Waals surface area contributed by atoms with Crippen molar-refractivity contribution in [3.8, 4) is 17.5 Å². The number of urea groups is 1. The van der Waals surface area contributed by atoms with E-state index in [-0.39, 0.29) is 6.03 Å². The van der Waals surface area contributed by atoms with Gasteiger partial charge < -0.3 is 19.7 Å². The maximum Gasteiger partial charge on any atom is 0.321 e. The summed E-state index contributed by atoms with van der Waals surface area (Å²) < 4.78 is 10.6. The Morgan fingerprint density at radius 1 is 1.10 bits per heavy atom. The third-order valence-electron chi connectivity index (χ3n) is 2.64. The zero-order chi connectivity index (χ0) is 15.2. The molecule has 0 atom stereocenters. The SMILES string of the molecule is COc1cccc(Oc2ccc(NC(=O)N(C)C)cc2)n1. The Kier molecular flexibility index (Phi) is 4.61. The minimum Gasteiger partial charge on any atom is -0.481 e. The van der Waals surface area contributed by atoms with E-state index in [1.54, 1.807) is 63.7 Å². The van der Waals surface area contributed by atoms with Gasteiger partial charge in [-0.25, -0.2) is 4.79 Å². The van der Waals surface area contributed by atoms with Gasteiger partial charge in [0.25, 0.3) is 0 Å². The lowest BCUT2D eigenvalue weighted by Gasteiger charge is -2.12. The molecular weight excluding hydrogens is 270 g/mol. The Morgan fingerprint density at radius 2 is 1.76 bits per heavy atom. The largest absolute Gasteiger partial charge is 0.481 e. The molecule has 0 aliphatic heterocycles. The summed E-state index contributed by atoms with van der Waals surface area (Å²) in [5, 5.41) is 2.75. The normalized spacial score (nSPS) is 9.86. The number of hydrogen-bond acceptors (Lipinski definition) is 4. The summed E-state index contributed by atoms with van der Waals surface area (Å²) in [7, 11) is 4.91. The summed E-state index contributed by atoms with van der Waals surface area (Å²) in [6, 6.07) is 12.1. The summed E-state index contributed by atoms with van der Waals surface area (Å²) in [5.41, 5.74) is 0.694. The average Bonchev–Trinajstić information content (AvgIpc) is 2.49. The Morgan fingerprint density at radius 3 is 2.38 bits per heavy atom. The molecule has 0 radical (unpaired) electrons. The van der Waals surface area contributed by atoms with Crippen LogP contribution >= 0.6 is 0 Å². The van der Waals surface area contributed by atoms with Gasteiger partial charge in [-0.15, -0.1) is 0 Å². The average molecular weight is 287 g/mol. The highest BCUT2D eigenvalue weighted by Crippen LogP contribution is 2.23. The van der Waals surface area contributed by atoms with Crippen molar-refractivity contribution in [2.75, 3.05) is 26.5 Å². The Labute approximate surface area is 123 Å². The standard InChI is InChI=1S/C15H17N3O3/c1-18(2)15(19)16-11-7-9-12(10-8-11)21-14-6-4-5-13(17-14)20-3/h4-10H,1-3H3,(H,16,19). The number of rotatable bonds is 4. The van der Waals surface area contributed by atoms with Gasteiger partial charge in [-0.1, -0.05) is 6.07 Å². The van der Waals surface area contributed by atoms with Gasteiger partial charge in [0.15, 0.2) is 0 Å².